The molecule has 0 radical (unpaired) electrons. The number of carbonyl (C=O) groups is 2. The number of hydrogen-bond acceptors (Lipinski definition) is 6. The number of ether oxygens (including phenoxy) is 1. The normalized spacial score (nSPS) is 14.0. The van der Waals surface area contributed by atoms with Gasteiger partial charge in [0, 0.05) is 11.6 Å². The first-order valence-corrected chi connectivity index (χ1v) is 8.49. The Hall–Kier alpha value is -1.67. The average molecular weight is 343 g/mol. The highest BCUT2D eigenvalue weighted by molar-refractivity contribution is 7.13. The van der Waals surface area contributed by atoms with Gasteiger partial charge in [0.15, 0.2) is 11.2 Å². The van der Waals surface area contributed by atoms with E-state index >= 15 is 0 Å². The molecule has 0 aliphatic carbocycles. The maximum atomic E-state index is 12.1. The Labute approximate surface area is 140 Å². The van der Waals surface area contributed by atoms with Crippen molar-refractivity contribution in [3.63, 3.8) is 0 Å². The summed E-state index contributed by atoms with van der Waals surface area (Å²) in [7, 11) is 0. The molecule has 1 rings (SSSR count). The van der Waals surface area contributed by atoms with Crippen molar-refractivity contribution in [2.75, 3.05) is 5.32 Å². The number of rotatable bonds is 7. The van der Waals surface area contributed by atoms with Gasteiger partial charge < -0.3 is 15.2 Å². The number of anilines is 1. The van der Waals surface area contributed by atoms with Gasteiger partial charge in [0.1, 0.15) is 5.60 Å². The maximum absolute atomic E-state index is 12.1. The lowest BCUT2D eigenvalue weighted by Gasteiger charge is -2.26. The smallest absolute Gasteiger partial charge is 0.407 e. The number of nitrogens with zero attached hydrogens (tertiary/aromatic N) is 1. The standard InChI is InChI=1S/C15H25N3O4S/c1-5-6-7-10(17-14(21)22-15(2,3)4)11(19)12(20)18-13-16-8-9-23-13/h8-11,19H,5-7H2,1-4H3,(H,17,21)(H,16,18,20)/t10-,11?/m0/s1. The molecule has 1 unspecified atom stereocenters. The van der Waals surface area contributed by atoms with Gasteiger partial charge in [0.05, 0.1) is 6.04 Å². The van der Waals surface area contributed by atoms with Crippen molar-refractivity contribution in [2.24, 2.45) is 0 Å². The Morgan fingerprint density at radius 3 is 2.65 bits per heavy atom. The van der Waals surface area contributed by atoms with Crippen molar-refractivity contribution in [2.45, 2.75) is 64.7 Å². The third-order valence-corrected chi connectivity index (χ3v) is 3.57. The highest BCUT2D eigenvalue weighted by atomic mass is 32.1. The Kier molecular flexibility index (Phi) is 7.44. The first-order valence-electron chi connectivity index (χ1n) is 7.61. The number of carbonyl (C=O) groups excluding carboxylic acids is 2. The lowest BCUT2D eigenvalue weighted by Crippen LogP contribution is -2.49. The number of aromatic nitrogens is 1. The topological polar surface area (TPSA) is 101 Å². The molecule has 0 aliphatic rings. The number of alkyl carbamates (subject to hydrolysis) is 1. The van der Waals surface area contributed by atoms with Crippen LogP contribution >= 0.6 is 11.3 Å². The molecule has 0 bridgehead atoms. The fourth-order valence-corrected chi connectivity index (χ4v) is 2.37. The van der Waals surface area contributed by atoms with E-state index in [-0.39, 0.29) is 0 Å². The van der Waals surface area contributed by atoms with Gasteiger partial charge in [-0.3, -0.25) is 10.1 Å². The first-order chi connectivity index (χ1) is 10.7. The minimum atomic E-state index is -1.38. The zero-order valence-electron chi connectivity index (χ0n) is 14.0. The van der Waals surface area contributed by atoms with E-state index in [1.54, 1.807) is 32.3 Å². The number of aliphatic hydroxyl groups is 1. The Morgan fingerprint density at radius 2 is 2.13 bits per heavy atom. The summed E-state index contributed by atoms with van der Waals surface area (Å²) in [5.74, 6) is -0.600. The second-order valence-electron chi connectivity index (χ2n) is 6.17. The maximum Gasteiger partial charge on any atom is 0.407 e. The van der Waals surface area contributed by atoms with Crippen LogP contribution in [-0.2, 0) is 9.53 Å². The predicted octanol–water partition coefficient (Wildman–Crippen LogP) is 2.53. The van der Waals surface area contributed by atoms with Gasteiger partial charge in [0.25, 0.3) is 5.91 Å². The molecule has 3 N–H and O–H groups in total. The summed E-state index contributed by atoms with van der Waals surface area (Å²) in [6.07, 6.45) is 1.65. The molecule has 130 valence electrons. The Balaban J connectivity index is 2.67. The van der Waals surface area contributed by atoms with Crippen LogP contribution in [0.3, 0.4) is 0 Å². The van der Waals surface area contributed by atoms with E-state index in [4.69, 9.17) is 4.74 Å². The highest BCUT2D eigenvalue weighted by Crippen LogP contribution is 2.14. The molecular weight excluding hydrogens is 318 g/mol. The molecule has 0 aromatic carbocycles. The lowest BCUT2D eigenvalue weighted by atomic mass is 10.0. The summed E-state index contributed by atoms with van der Waals surface area (Å²) in [6.45, 7) is 7.24. The third kappa shape index (κ3) is 7.43. The van der Waals surface area contributed by atoms with E-state index in [0.29, 0.717) is 11.6 Å². The van der Waals surface area contributed by atoms with Gasteiger partial charge in [-0.25, -0.2) is 9.78 Å². The summed E-state index contributed by atoms with van der Waals surface area (Å²) in [5.41, 5.74) is -0.645. The fourth-order valence-electron chi connectivity index (χ4n) is 1.84. The largest absolute Gasteiger partial charge is 0.444 e. The minimum absolute atomic E-state index is 0.403. The van der Waals surface area contributed by atoms with Crippen LogP contribution in [0, 0.1) is 0 Å². The molecule has 0 fully saturated rings. The van der Waals surface area contributed by atoms with Crippen molar-refractivity contribution in [1.29, 1.82) is 0 Å². The molecule has 23 heavy (non-hydrogen) atoms. The van der Waals surface area contributed by atoms with Gasteiger partial charge in [-0.1, -0.05) is 19.8 Å². The zero-order valence-corrected chi connectivity index (χ0v) is 14.8. The minimum Gasteiger partial charge on any atom is -0.444 e. The van der Waals surface area contributed by atoms with Crippen LogP contribution in [0.4, 0.5) is 9.93 Å². The van der Waals surface area contributed by atoms with E-state index in [9.17, 15) is 14.7 Å². The van der Waals surface area contributed by atoms with Gasteiger partial charge >= 0.3 is 6.09 Å². The van der Waals surface area contributed by atoms with E-state index in [2.05, 4.69) is 15.6 Å². The summed E-state index contributed by atoms with van der Waals surface area (Å²) in [6, 6.07) is -0.718. The summed E-state index contributed by atoms with van der Waals surface area (Å²) in [4.78, 5) is 27.9. The molecule has 0 aliphatic heterocycles. The highest BCUT2D eigenvalue weighted by Gasteiger charge is 2.29. The molecule has 0 spiro atoms. The van der Waals surface area contributed by atoms with Gasteiger partial charge in [-0.2, -0.15) is 0 Å². The average Bonchev–Trinajstić information content (AvgIpc) is 2.93. The van der Waals surface area contributed by atoms with Crippen LogP contribution in [0.2, 0.25) is 0 Å². The number of hydrogen-bond donors (Lipinski definition) is 3. The predicted molar refractivity (Wildman–Crippen MR) is 89.4 cm³/mol. The van der Waals surface area contributed by atoms with Crippen LogP contribution in [0.5, 0.6) is 0 Å². The summed E-state index contributed by atoms with van der Waals surface area (Å²) >= 11 is 1.25. The molecular formula is C15H25N3O4S. The van der Waals surface area contributed by atoms with Crippen molar-refractivity contribution in [1.82, 2.24) is 10.3 Å². The molecule has 2 atom stereocenters. The van der Waals surface area contributed by atoms with E-state index in [1.807, 2.05) is 6.92 Å². The number of amides is 2. The van der Waals surface area contributed by atoms with Crippen molar-refractivity contribution in [3.8, 4) is 0 Å². The van der Waals surface area contributed by atoms with Crippen molar-refractivity contribution in [3.05, 3.63) is 11.6 Å². The monoisotopic (exact) mass is 343 g/mol. The van der Waals surface area contributed by atoms with Gasteiger partial charge in [0.2, 0.25) is 0 Å². The molecule has 0 saturated carbocycles. The lowest BCUT2D eigenvalue weighted by molar-refractivity contribution is -0.125. The fraction of sp³-hybridized carbons (Fsp3) is 0.667. The zero-order chi connectivity index (χ0) is 17.5. The van der Waals surface area contributed by atoms with Crippen LogP contribution in [0.25, 0.3) is 0 Å². The molecule has 7 nitrogen and oxygen atoms in total. The molecule has 2 amide bonds. The third-order valence-electron chi connectivity index (χ3n) is 2.88. The number of unbranched alkanes of at least 4 members (excludes halogenated alkanes) is 1. The summed E-state index contributed by atoms with van der Waals surface area (Å²) < 4.78 is 5.18. The number of nitrogens with one attached hydrogen (secondary N) is 2. The summed E-state index contributed by atoms with van der Waals surface area (Å²) in [5, 5.41) is 17.5. The molecule has 1 heterocycles. The van der Waals surface area contributed by atoms with Crippen LogP contribution in [0.15, 0.2) is 11.6 Å². The molecule has 1 aromatic heterocycles. The van der Waals surface area contributed by atoms with Crippen molar-refractivity contribution < 1.29 is 19.4 Å². The molecule has 8 heteroatoms. The number of thiazole rings is 1. The van der Waals surface area contributed by atoms with E-state index in [1.165, 1.54) is 11.3 Å². The van der Waals surface area contributed by atoms with Crippen LogP contribution in [0.1, 0.15) is 47.0 Å². The molecule has 1 aromatic rings. The van der Waals surface area contributed by atoms with Crippen LogP contribution < -0.4 is 10.6 Å². The SMILES string of the molecule is CCCC[C@H](NC(=O)OC(C)(C)C)C(O)C(=O)Nc1nccs1. The molecule has 0 saturated heterocycles. The Morgan fingerprint density at radius 1 is 1.43 bits per heavy atom. The van der Waals surface area contributed by atoms with Gasteiger partial charge in [-0.15, -0.1) is 11.3 Å². The quantitative estimate of drug-likeness (QED) is 0.706. The van der Waals surface area contributed by atoms with E-state index < -0.39 is 29.7 Å². The Bertz CT molecular complexity index is 499. The number of aliphatic hydroxyl groups excluding tert-OH is 1. The second kappa shape index (κ2) is 8.83. The van der Waals surface area contributed by atoms with Crippen molar-refractivity contribution >= 4 is 28.5 Å². The first kappa shape index (κ1) is 19.4. The van der Waals surface area contributed by atoms with E-state index in [0.717, 1.165) is 12.8 Å². The van der Waals surface area contributed by atoms with Crippen LogP contribution in [-0.4, -0.2) is 39.8 Å². The second-order valence-corrected chi connectivity index (χ2v) is 7.06. The van der Waals surface area contributed by atoms with Gasteiger partial charge in [-0.05, 0) is 27.2 Å².